The average Bonchev–Trinajstić information content (AvgIpc) is 3.16. The number of carbonyl (C=O) groups is 1. The summed E-state index contributed by atoms with van der Waals surface area (Å²) in [5, 5.41) is 3.08. The predicted octanol–water partition coefficient (Wildman–Crippen LogP) is 2.02. The van der Waals surface area contributed by atoms with Crippen molar-refractivity contribution in [3.8, 4) is 0 Å². The molecule has 1 unspecified atom stereocenters. The third-order valence-corrected chi connectivity index (χ3v) is 3.66. The van der Waals surface area contributed by atoms with E-state index in [2.05, 4.69) is 10.3 Å². The number of aromatic nitrogens is 1. The number of aryl methyl sites for hydroxylation is 1. The molecule has 0 aliphatic heterocycles. The second kappa shape index (κ2) is 7.81. The van der Waals surface area contributed by atoms with Crippen molar-refractivity contribution in [2.75, 3.05) is 6.54 Å². The van der Waals surface area contributed by atoms with Gasteiger partial charge in [0, 0.05) is 18.4 Å². The third-order valence-electron chi connectivity index (χ3n) is 3.66. The van der Waals surface area contributed by atoms with Gasteiger partial charge in [0.05, 0.1) is 12.0 Å². The molecule has 1 aliphatic carbocycles. The molecule has 1 fully saturated rings. The van der Waals surface area contributed by atoms with E-state index in [0.717, 1.165) is 11.3 Å². The number of nitrogens with two attached hydrogens (primary N) is 1. The minimum Gasteiger partial charge on any atom is -0.349 e. The minimum atomic E-state index is -0.241. The van der Waals surface area contributed by atoms with E-state index in [-0.39, 0.29) is 36.3 Å². The molecule has 0 aromatic carbocycles. The Morgan fingerprint density at radius 3 is 2.55 bits per heavy atom. The molecule has 1 aromatic heterocycles. The van der Waals surface area contributed by atoms with Gasteiger partial charge in [-0.05, 0) is 44.2 Å². The third kappa shape index (κ3) is 4.93. The molecular weight excluding hydrogens is 297 g/mol. The summed E-state index contributed by atoms with van der Waals surface area (Å²) in [7, 11) is 0. The van der Waals surface area contributed by atoms with Crippen LogP contribution in [0.2, 0.25) is 0 Å². The van der Waals surface area contributed by atoms with Crippen LogP contribution >= 0.6 is 24.8 Å². The van der Waals surface area contributed by atoms with Crippen molar-refractivity contribution >= 4 is 30.7 Å². The number of halogens is 2. The van der Waals surface area contributed by atoms with Crippen molar-refractivity contribution in [1.29, 1.82) is 0 Å². The number of rotatable bonds is 5. The Balaban J connectivity index is 0.00000180. The van der Waals surface area contributed by atoms with E-state index < -0.39 is 0 Å². The summed E-state index contributed by atoms with van der Waals surface area (Å²) in [4.78, 5) is 16.2. The van der Waals surface area contributed by atoms with Gasteiger partial charge in [-0.1, -0.05) is 6.07 Å². The van der Waals surface area contributed by atoms with Crippen LogP contribution in [0.4, 0.5) is 0 Å². The molecule has 3 N–H and O–H groups in total. The summed E-state index contributed by atoms with van der Waals surface area (Å²) >= 11 is 0. The molecule has 0 bridgehead atoms. The normalized spacial score (nSPS) is 16.4. The van der Waals surface area contributed by atoms with Crippen LogP contribution in [0.25, 0.3) is 0 Å². The van der Waals surface area contributed by atoms with Crippen LogP contribution in [0, 0.1) is 12.8 Å². The Morgan fingerprint density at radius 1 is 1.45 bits per heavy atom. The van der Waals surface area contributed by atoms with Gasteiger partial charge in [0.2, 0.25) is 5.91 Å². The van der Waals surface area contributed by atoms with Crippen LogP contribution in [0.15, 0.2) is 18.3 Å². The first-order valence-corrected chi connectivity index (χ1v) is 6.46. The zero-order valence-electron chi connectivity index (χ0n) is 11.9. The van der Waals surface area contributed by atoms with E-state index in [1.165, 1.54) is 12.8 Å². The van der Waals surface area contributed by atoms with Crippen LogP contribution in [0.3, 0.4) is 0 Å². The summed E-state index contributed by atoms with van der Waals surface area (Å²) in [6.45, 7) is 4.47. The molecule has 1 saturated carbocycles. The van der Waals surface area contributed by atoms with Gasteiger partial charge in [-0.15, -0.1) is 24.8 Å². The second-order valence-corrected chi connectivity index (χ2v) is 5.43. The van der Waals surface area contributed by atoms with E-state index in [4.69, 9.17) is 5.73 Å². The molecule has 2 rings (SSSR count). The summed E-state index contributed by atoms with van der Waals surface area (Å²) in [6, 6.07) is 3.87. The monoisotopic (exact) mass is 319 g/mol. The Labute approximate surface area is 132 Å². The summed E-state index contributed by atoms with van der Waals surface area (Å²) in [6.07, 6.45) is 4.46. The zero-order chi connectivity index (χ0) is 13.2. The SMILES string of the molecule is Cc1ccc(CC(=O)NC(C)(CN)C2CC2)cn1.Cl.Cl. The van der Waals surface area contributed by atoms with Gasteiger partial charge >= 0.3 is 0 Å². The fourth-order valence-corrected chi connectivity index (χ4v) is 2.19. The molecule has 1 heterocycles. The lowest BCUT2D eigenvalue weighted by Crippen LogP contribution is -2.53. The lowest BCUT2D eigenvalue weighted by Gasteiger charge is -2.29. The van der Waals surface area contributed by atoms with Crippen molar-refractivity contribution in [3.05, 3.63) is 29.6 Å². The number of hydrogen-bond donors (Lipinski definition) is 2. The standard InChI is InChI=1S/C14H21N3O.2ClH/c1-10-3-4-11(8-16-10)7-13(18)17-14(2,9-15)12-5-6-12;;/h3-4,8,12H,5-7,9,15H2,1-2H3,(H,17,18);2*1H. The number of pyridine rings is 1. The van der Waals surface area contributed by atoms with Crippen LogP contribution in [0.1, 0.15) is 31.0 Å². The highest BCUT2D eigenvalue weighted by Crippen LogP contribution is 2.38. The van der Waals surface area contributed by atoms with Gasteiger partial charge in [0.1, 0.15) is 0 Å². The maximum absolute atomic E-state index is 12.0. The van der Waals surface area contributed by atoms with Gasteiger partial charge < -0.3 is 11.1 Å². The first kappa shape index (κ1) is 19.2. The number of carbonyl (C=O) groups excluding carboxylic acids is 1. The van der Waals surface area contributed by atoms with Gasteiger partial charge in [-0.2, -0.15) is 0 Å². The summed E-state index contributed by atoms with van der Waals surface area (Å²) < 4.78 is 0. The molecule has 4 nitrogen and oxygen atoms in total. The molecular formula is C14H23Cl2N3O. The lowest BCUT2D eigenvalue weighted by molar-refractivity contribution is -0.122. The molecule has 114 valence electrons. The first-order valence-electron chi connectivity index (χ1n) is 6.46. The molecule has 1 amide bonds. The fraction of sp³-hybridized carbons (Fsp3) is 0.571. The largest absolute Gasteiger partial charge is 0.349 e. The quantitative estimate of drug-likeness (QED) is 0.872. The minimum absolute atomic E-state index is 0. The number of nitrogens with one attached hydrogen (secondary N) is 1. The van der Waals surface area contributed by atoms with E-state index >= 15 is 0 Å². The maximum atomic E-state index is 12.0. The van der Waals surface area contributed by atoms with Crippen molar-refractivity contribution in [2.24, 2.45) is 11.7 Å². The highest BCUT2D eigenvalue weighted by Gasteiger charge is 2.41. The molecule has 20 heavy (non-hydrogen) atoms. The van der Waals surface area contributed by atoms with E-state index in [9.17, 15) is 4.79 Å². The lowest BCUT2D eigenvalue weighted by atomic mass is 9.95. The van der Waals surface area contributed by atoms with Gasteiger partial charge in [0.25, 0.3) is 0 Å². The first-order chi connectivity index (χ1) is 8.53. The van der Waals surface area contributed by atoms with Crippen LogP contribution in [-0.4, -0.2) is 23.0 Å². The van der Waals surface area contributed by atoms with Gasteiger partial charge in [-0.3, -0.25) is 9.78 Å². The Hall–Kier alpha value is -0.840. The molecule has 0 radical (unpaired) electrons. The van der Waals surface area contributed by atoms with Crippen molar-refractivity contribution in [2.45, 2.75) is 38.6 Å². The van der Waals surface area contributed by atoms with E-state index in [0.29, 0.717) is 18.9 Å². The Kier molecular flexibility index (Phi) is 7.49. The summed E-state index contributed by atoms with van der Waals surface area (Å²) in [5.74, 6) is 0.572. The highest BCUT2D eigenvalue weighted by atomic mass is 35.5. The molecule has 0 saturated heterocycles. The highest BCUT2D eigenvalue weighted by molar-refractivity contribution is 5.85. The Bertz CT molecular complexity index is 435. The van der Waals surface area contributed by atoms with Crippen LogP contribution in [0.5, 0.6) is 0 Å². The second-order valence-electron chi connectivity index (χ2n) is 5.43. The molecule has 1 aliphatic rings. The molecule has 1 aromatic rings. The smallest absolute Gasteiger partial charge is 0.224 e. The molecule has 0 spiro atoms. The molecule has 1 atom stereocenters. The Morgan fingerprint density at radius 2 is 2.10 bits per heavy atom. The van der Waals surface area contributed by atoms with E-state index in [1.807, 2.05) is 26.0 Å². The predicted molar refractivity (Wildman–Crippen MR) is 85.5 cm³/mol. The van der Waals surface area contributed by atoms with Gasteiger partial charge in [0.15, 0.2) is 0 Å². The van der Waals surface area contributed by atoms with Crippen LogP contribution < -0.4 is 11.1 Å². The molecule has 6 heteroatoms. The zero-order valence-corrected chi connectivity index (χ0v) is 13.5. The van der Waals surface area contributed by atoms with E-state index in [1.54, 1.807) is 6.20 Å². The van der Waals surface area contributed by atoms with Crippen LogP contribution in [-0.2, 0) is 11.2 Å². The topological polar surface area (TPSA) is 68.0 Å². The summed E-state index contributed by atoms with van der Waals surface area (Å²) in [5.41, 5.74) is 7.44. The number of amides is 1. The van der Waals surface area contributed by atoms with Crippen molar-refractivity contribution < 1.29 is 4.79 Å². The number of nitrogens with zero attached hydrogens (tertiary/aromatic N) is 1. The fourth-order valence-electron chi connectivity index (χ4n) is 2.19. The van der Waals surface area contributed by atoms with Crippen molar-refractivity contribution in [3.63, 3.8) is 0 Å². The number of hydrogen-bond acceptors (Lipinski definition) is 3. The van der Waals surface area contributed by atoms with Crippen molar-refractivity contribution in [1.82, 2.24) is 10.3 Å². The maximum Gasteiger partial charge on any atom is 0.224 e. The average molecular weight is 320 g/mol. The van der Waals surface area contributed by atoms with Gasteiger partial charge in [-0.25, -0.2) is 0 Å².